The lowest BCUT2D eigenvalue weighted by Gasteiger charge is -2.33. The van der Waals surface area contributed by atoms with Crippen molar-refractivity contribution in [2.75, 3.05) is 44.6 Å². The fraction of sp³-hybridized carbons (Fsp3) is 0.452. The first kappa shape index (κ1) is 29.3. The predicted octanol–water partition coefficient (Wildman–Crippen LogP) is 4.96. The molecule has 0 spiro atoms. The van der Waals surface area contributed by atoms with Gasteiger partial charge in [0.25, 0.3) is 0 Å². The summed E-state index contributed by atoms with van der Waals surface area (Å²) in [6.45, 7) is 2.81. The van der Waals surface area contributed by atoms with E-state index in [2.05, 4.69) is 76.4 Å². The van der Waals surface area contributed by atoms with Gasteiger partial charge in [0.1, 0.15) is 5.75 Å². The lowest BCUT2D eigenvalue weighted by Crippen LogP contribution is -2.36. The van der Waals surface area contributed by atoms with Gasteiger partial charge in [-0.05, 0) is 83.0 Å². The first-order valence-corrected chi connectivity index (χ1v) is 15.6. The Morgan fingerprint density at radius 2 is 1.88 bits per heavy atom. The summed E-state index contributed by atoms with van der Waals surface area (Å²) in [6.07, 6.45) is 5.82. The summed E-state index contributed by atoms with van der Waals surface area (Å²) < 4.78 is 31.3. The van der Waals surface area contributed by atoms with Crippen LogP contribution in [-0.4, -0.2) is 64.0 Å². The van der Waals surface area contributed by atoms with Crippen LogP contribution in [0, 0.1) is 29.1 Å². The smallest absolute Gasteiger partial charge is 0.175 e. The van der Waals surface area contributed by atoms with Crippen LogP contribution in [0.2, 0.25) is 0 Å². The monoisotopic (exact) mass is 561 g/mol. The molecule has 1 saturated carbocycles. The zero-order chi connectivity index (χ0) is 28.9. The number of methoxy groups -OCH3 is 1. The Bertz CT molecular complexity index is 1550. The standard InChI is InChI=1S/C31H39N5O3S/c1-22(20-32)21-36-25(8-7-17-33-29-16-15-26(40(5,37)38)19-31(29)39-4)18-27-28(9-6-10-30(27)36)34-23-11-13-24(14-12-23)35(2)3/h6,9-10,15-16,18-19,22-24,33-34H,11-14,17,21H2,1-5H3. The van der Waals surface area contributed by atoms with Gasteiger partial charge in [-0.3, -0.25) is 0 Å². The van der Waals surface area contributed by atoms with E-state index in [4.69, 9.17) is 4.74 Å². The normalized spacial score (nSPS) is 18.0. The van der Waals surface area contributed by atoms with Gasteiger partial charge >= 0.3 is 0 Å². The van der Waals surface area contributed by atoms with Gasteiger partial charge in [0.15, 0.2) is 9.84 Å². The number of nitriles is 1. The van der Waals surface area contributed by atoms with Crippen LogP contribution < -0.4 is 15.4 Å². The highest BCUT2D eigenvalue weighted by Crippen LogP contribution is 2.31. The van der Waals surface area contributed by atoms with Crippen molar-refractivity contribution in [1.82, 2.24) is 9.47 Å². The Morgan fingerprint density at radius 1 is 1.12 bits per heavy atom. The first-order chi connectivity index (χ1) is 19.1. The number of nitrogens with one attached hydrogen (secondary N) is 2. The molecular weight excluding hydrogens is 522 g/mol. The number of rotatable bonds is 9. The second kappa shape index (κ2) is 12.7. The van der Waals surface area contributed by atoms with Gasteiger partial charge in [0, 0.05) is 42.0 Å². The maximum absolute atomic E-state index is 11.9. The fourth-order valence-corrected chi connectivity index (χ4v) is 5.94. The molecule has 40 heavy (non-hydrogen) atoms. The molecule has 0 bridgehead atoms. The van der Waals surface area contributed by atoms with Crippen molar-refractivity contribution in [3.05, 3.63) is 48.2 Å². The molecule has 1 unspecified atom stereocenters. The van der Waals surface area contributed by atoms with Crippen molar-refractivity contribution in [1.29, 1.82) is 5.26 Å². The molecule has 3 aromatic rings. The summed E-state index contributed by atoms with van der Waals surface area (Å²) in [4.78, 5) is 2.53. The van der Waals surface area contributed by atoms with Crippen LogP contribution in [0.1, 0.15) is 38.3 Å². The zero-order valence-corrected chi connectivity index (χ0v) is 24.8. The molecule has 2 aromatic carbocycles. The van der Waals surface area contributed by atoms with Crippen molar-refractivity contribution in [3.8, 4) is 23.7 Å². The van der Waals surface area contributed by atoms with Crippen molar-refractivity contribution in [2.45, 2.75) is 56.1 Å². The molecule has 1 heterocycles. The van der Waals surface area contributed by atoms with E-state index in [9.17, 15) is 13.7 Å². The molecular formula is C31H39N5O3S. The summed E-state index contributed by atoms with van der Waals surface area (Å²) in [5, 5.41) is 17.6. The minimum Gasteiger partial charge on any atom is -0.495 e. The average molecular weight is 562 g/mol. The minimum atomic E-state index is -3.33. The topological polar surface area (TPSA) is 99.4 Å². The zero-order valence-electron chi connectivity index (χ0n) is 24.0. The Labute approximate surface area is 238 Å². The van der Waals surface area contributed by atoms with Crippen molar-refractivity contribution >= 4 is 32.1 Å². The van der Waals surface area contributed by atoms with E-state index in [-0.39, 0.29) is 10.8 Å². The van der Waals surface area contributed by atoms with Gasteiger partial charge in [-0.1, -0.05) is 12.0 Å². The van der Waals surface area contributed by atoms with Gasteiger partial charge in [-0.15, -0.1) is 0 Å². The van der Waals surface area contributed by atoms with Gasteiger partial charge in [0.2, 0.25) is 0 Å². The van der Waals surface area contributed by atoms with Gasteiger partial charge in [-0.2, -0.15) is 5.26 Å². The molecule has 0 amide bonds. The molecule has 1 aliphatic rings. The number of ether oxygens (including phenoxy) is 1. The third-order valence-electron chi connectivity index (χ3n) is 7.59. The lowest BCUT2D eigenvalue weighted by molar-refractivity contribution is 0.221. The molecule has 9 heteroatoms. The summed E-state index contributed by atoms with van der Waals surface area (Å²) in [5.74, 6) is 6.77. The van der Waals surface area contributed by atoms with Crippen LogP contribution in [0.3, 0.4) is 0 Å². The van der Waals surface area contributed by atoms with Crippen LogP contribution in [-0.2, 0) is 16.4 Å². The average Bonchev–Trinajstić information content (AvgIpc) is 3.28. The number of fused-ring (bicyclic) bond motifs is 1. The number of nitrogens with zero attached hydrogens (tertiary/aromatic N) is 3. The van der Waals surface area contributed by atoms with E-state index in [1.165, 1.54) is 32.3 Å². The van der Waals surface area contributed by atoms with E-state index >= 15 is 0 Å². The molecule has 1 atom stereocenters. The third kappa shape index (κ3) is 6.91. The predicted molar refractivity (Wildman–Crippen MR) is 162 cm³/mol. The molecule has 4 rings (SSSR count). The van der Waals surface area contributed by atoms with Gasteiger partial charge in [-0.25, -0.2) is 8.42 Å². The Morgan fingerprint density at radius 3 is 2.52 bits per heavy atom. The largest absolute Gasteiger partial charge is 0.495 e. The maximum atomic E-state index is 11.9. The summed E-state index contributed by atoms with van der Waals surface area (Å²) in [5.41, 5.74) is 3.68. The van der Waals surface area contributed by atoms with Crippen LogP contribution >= 0.6 is 0 Å². The number of benzene rings is 2. The first-order valence-electron chi connectivity index (χ1n) is 13.7. The number of aromatic nitrogens is 1. The molecule has 2 N–H and O–H groups in total. The Balaban J connectivity index is 1.56. The fourth-order valence-electron chi connectivity index (χ4n) is 5.30. The molecule has 8 nitrogen and oxygen atoms in total. The van der Waals surface area contributed by atoms with Crippen molar-refractivity contribution in [3.63, 3.8) is 0 Å². The number of anilines is 2. The lowest BCUT2D eigenvalue weighted by atomic mass is 9.90. The number of sulfone groups is 1. The van der Waals surface area contributed by atoms with E-state index in [0.717, 1.165) is 35.1 Å². The molecule has 1 fully saturated rings. The third-order valence-corrected chi connectivity index (χ3v) is 8.70. The summed E-state index contributed by atoms with van der Waals surface area (Å²) in [6, 6.07) is 16.6. The molecule has 212 valence electrons. The van der Waals surface area contributed by atoms with E-state index < -0.39 is 9.84 Å². The Hall–Kier alpha value is -3.66. The quantitative estimate of drug-likeness (QED) is 0.356. The van der Waals surface area contributed by atoms with Crippen LogP contribution in [0.25, 0.3) is 10.9 Å². The van der Waals surface area contributed by atoms with E-state index in [0.29, 0.717) is 36.6 Å². The van der Waals surface area contributed by atoms with Crippen molar-refractivity contribution < 1.29 is 13.2 Å². The highest BCUT2D eigenvalue weighted by atomic mass is 32.2. The van der Waals surface area contributed by atoms with Gasteiger partial charge < -0.3 is 24.8 Å². The van der Waals surface area contributed by atoms with E-state index in [1.807, 2.05) is 6.92 Å². The van der Waals surface area contributed by atoms with Crippen LogP contribution in [0.5, 0.6) is 5.75 Å². The summed E-state index contributed by atoms with van der Waals surface area (Å²) >= 11 is 0. The molecule has 0 aliphatic heterocycles. The van der Waals surface area contributed by atoms with E-state index in [1.54, 1.807) is 12.1 Å². The summed E-state index contributed by atoms with van der Waals surface area (Å²) in [7, 11) is 2.50. The second-order valence-corrected chi connectivity index (χ2v) is 12.8. The maximum Gasteiger partial charge on any atom is 0.175 e. The SMILES string of the molecule is COc1cc(S(C)(=O)=O)ccc1NCC#Cc1cc2c(NC3CCC(N(C)C)CC3)cccc2n1CC(C)C#N. The van der Waals surface area contributed by atoms with Crippen molar-refractivity contribution in [2.24, 2.45) is 5.92 Å². The van der Waals surface area contributed by atoms with Crippen LogP contribution in [0.15, 0.2) is 47.4 Å². The van der Waals surface area contributed by atoms with Crippen LogP contribution in [0.4, 0.5) is 11.4 Å². The Kier molecular flexibility index (Phi) is 9.29. The molecule has 1 aromatic heterocycles. The molecule has 0 saturated heterocycles. The molecule has 0 radical (unpaired) electrons. The second-order valence-electron chi connectivity index (χ2n) is 10.8. The molecule has 1 aliphatic carbocycles. The number of hydrogen-bond donors (Lipinski definition) is 2. The highest BCUT2D eigenvalue weighted by Gasteiger charge is 2.23. The highest BCUT2D eigenvalue weighted by molar-refractivity contribution is 7.90. The van der Waals surface area contributed by atoms with Gasteiger partial charge in [0.05, 0.1) is 47.4 Å². The number of hydrogen-bond acceptors (Lipinski definition) is 7. The minimum absolute atomic E-state index is 0.162.